The minimum absolute atomic E-state index is 0.138. The smallest absolute Gasteiger partial charge is 0.311 e. The van der Waals surface area contributed by atoms with Crippen molar-refractivity contribution in [3.05, 3.63) is 65.2 Å². The van der Waals surface area contributed by atoms with Crippen LogP contribution in [0.3, 0.4) is 0 Å². The maximum Gasteiger partial charge on any atom is 0.311 e. The summed E-state index contributed by atoms with van der Waals surface area (Å²) in [5, 5.41) is 3.25. The van der Waals surface area contributed by atoms with Crippen molar-refractivity contribution in [1.82, 2.24) is 0 Å². The monoisotopic (exact) mass is 317 g/mol. The Morgan fingerprint density at radius 2 is 1.73 bits per heavy atom. The van der Waals surface area contributed by atoms with Crippen LogP contribution in [0, 0.1) is 0 Å². The van der Waals surface area contributed by atoms with E-state index in [1.54, 1.807) is 24.3 Å². The highest BCUT2D eigenvalue weighted by Crippen LogP contribution is 2.14. The molecule has 114 valence electrons. The van der Waals surface area contributed by atoms with Crippen LogP contribution >= 0.6 is 11.6 Å². The first-order valence-electron chi connectivity index (χ1n) is 6.84. The molecule has 5 heteroatoms. The second-order valence-corrected chi connectivity index (χ2v) is 5.23. The number of halogens is 1. The molecule has 1 amide bonds. The van der Waals surface area contributed by atoms with E-state index in [2.05, 4.69) is 5.32 Å². The highest BCUT2D eigenvalue weighted by molar-refractivity contribution is 6.30. The average molecular weight is 318 g/mol. The standard InChI is InChI=1S/C17H16ClNO3/c1-12(17(21)19-15-9-7-14(18)8-10-15)22-16(20)11-13-5-3-2-4-6-13/h2-10,12H,11H2,1H3,(H,19,21)/t12-/m0/s1. The summed E-state index contributed by atoms with van der Waals surface area (Å²) in [5.41, 5.74) is 1.44. The van der Waals surface area contributed by atoms with Gasteiger partial charge in [0.1, 0.15) is 0 Å². The van der Waals surface area contributed by atoms with Crippen molar-refractivity contribution in [3.8, 4) is 0 Å². The van der Waals surface area contributed by atoms with Crippen LogP contribution in [0.5, 0.6) is 0 Å². The van der Waals surface area contributed by atoms with Gasteiger partial charge in [0, 0.05) is 10.7 Å². The van der Waals surface area contributed by atoms with E-state index < -0.39 is 12.1 Å². The van der Waals surface area contributed by atoms with Crippen molar-refractivity contribution in [3.63, 3.8) is 0 Å². The van der Waals surface area contributed by atoms with Gasteiger partial charge in [-0.05, 0) is 36.8 Å². The van der Waals surface area contributed by atoms with Gasteiger partial charge in [0.15, 0.2) is 6.10 Å². The molecule has 0 heterocycles. The molecule has 1 atom stereocenters. The van der Waals surface area contributed by atoms with E-state index in [1.807, 2.05) is 30.3 Å². The van der Waals surface area contributed by atoms with Gasteiger partial charge in [-0.25, -0.2) is 0 Å². The highest BCUT2D eigenvalue weighted by atomic mass is 35.5. The summed E-state index contributed by atoms with van der Waals surface area (Å²) >= 11 is 5.77. The number of carbonyl (C=O) groups is 2. The van der Waals surface area contributed by atoms with E-state index in [0.29, 0.717) is 10.7 Å². The van der Waals surface area contributed by atoms with E-state index in [-0.39, 0.29) is 12.3 Å². The molecule has 2 aromatic rings. The molecule has 0 saturated heterocycles. The molecule has 22 heavy (non-hydrogen) atoms. The lowest BCUT2D eigenvalue weighted by Crippen LogP contribution is -2.30. The first kappa shape index (κ1) is 16.0. The van der Waals surface area contributed by atoms with Crippen molar-refractivity contribution in [2.75, 3.05) is 5.32 Å². The first-order valence-corrected chi connectivity index (χ1v) is 7.22. The minimum atomic E-state index is -0.869. The van der Waals surface area contributed by atoms with Crippen molar-refractivity contribution in [2.45, 2.75) is 19.4 Å². The Balaban J connectivity index is 1.85. The van der Waals surface area contributed by atoms with E-state index in [9.17, 15) is 9.59 Å². The summed E-state index contributed by atoms with van der Waals surface area (Å²) in [5.74, 6) is -0.825. The molecule has 0 bridgehead atoms. The number of carbonyl (C=O) groups excluding carboxylic acids is 2. The zero-order valence-corrected chi connectivity index (χ0v) is 12.8. The molecule has 0 aliphatic rings. The lowest BCUT2D eigenvalue weighted by Gasteiger charge is -2.13. The van der Waals surface area contributed by atoms with Crippen LogP contribution in [0.25, 0.3) is 0 Å². The third-order valence-corrected chi connectivity index (χ3v) is 3.23. The number of amides is 1. The summed E-state index contributed by atoms with van der Waals surface area (Å²) in [6.07, 6.45) is -0.730. The third-order valence-electron chi connectivity index (χ3n) is 2.98. The van der Waals surface area contributed by atoms with E-state index >= 15 is 0 Å². The number of rotatable bonds is 5. The molecule has 0 radical (unpaired) electrons. The fraction of sp³-hybridized carbons (Fsp3) is 0.176. The van der Waals surface area contributed by atoms with Crippen LogP contribution in [0.4, 0.5) is 5.69 Å². The number of ether oxygens (including phenoxy) is 1. The van der Waals surface area contributed by atoms with Crippen molar-refractivity contribution in [1.29, 1.82) is 0 Å². The van der Waals surface area contributed by atoms with Crippen LogP contribution in [0.15, 0.2) is 54.6 Å². The van der Waals surface area contributed by atoms with Crippen molar-refractivity contribution < 1.29 is 14.3 Å². The number of hydrogen-bond acceptors (Lipinski definition) is 3. The van der Waals surface area contributed by atoms with E-state index in [4.69, 9.17) is 16.3 Å². The zero-order chi connectivity index (χ0) is 15.9. The molecule has 2 aromatic carbocycles. The molecular formula is C17H16ClNO3. The normalized spacial score (nSPS) is 11.5. The molecule has 0 aliphatic carbocycles. The van der Waals surface area contributed by atoms with Crippen LogP contribution in [0.1, 0.15) is 12.5 Å². The lowest BCUT2D eigenvalue weighted by atomic mass is 10.1. The lowest BCUT2D eigenvalue weighted by molar-refractivity contribution is -0.152. The quantitative estimate of drug-likeness (QED) is 0.859. The zero-order valence-electron chi connectivity index (χ0n) is 12.1. The molecule has 0 fully saturated rings. The fourth-order valence-corrected chi connectivity index (χ4v) is 1.96. The number of benzene rings is 2. The van der Waals surface area contributed by atoms with Crippen molar-refractivity contribution >= 4 is 29.2 Å². The van der Waals surface area contributed by atoms with Gasteiger partial charge in [0.2, 0.25) is 0 Å². The van der Waals surface area contributed by atoms with Crippen molar-refractivity contribution in [2.24, 2.45) is 0 Å². The van der Waals surface area contributed by atoms with Gasteiger partial charge in [0.05, 0.1) is 6.42 Å². The summed E-state index contributed by atoms with van der Waals surface area (Å²) in [7, 11) is 0. The maximum absolute atomic E-state index is 12.0. The summed E-state index contributed by atoms with van der Waals surface area (Å²) in [4.78, 5) is 23.8. The Kier molecular flexibility index (Phi) is 5.55. The topological polar surface area (TPSA) is 55.4 Å². The fourth-order valence-electron chi connectivity index (χ4n) is 1.83. The van der Waals surface area contributed by atoms with Crippen LogP contribution < -0.4 is 5.32 Å². The van der Waals surface area contributed by atoms with Gasteiger partial charge >= 0.3 is 5.97 Å². The predicted octanol–water partition coefficient (Wildman–Crippen LogP) is 3.45. The Bertz CT molecular complexity index is 641. The Labute approximate surface area is 134 Å². The number of hydrogen-bond donors (Lipinski definition) is 1. The highest BCUT2D eigenvalue weighted by Gasteiger charge is 2.18. The number of nitrogens with one attached hydrogen (secondary N) is 1. The average Bonchev–Trinajstić information content (AvgIpc) is 2.50. The number of anilines is 1. The van der Waals surface area contributed by atoms with Gasteiger partial charge in [-0.1, -0.05) is 41.9 Å². The second-order valence-electron chi connectivity index (χ2n) is 4.79. The van der Waals surface area contributed by atoms with E-state index in [0.717, 1.165) is 5.56 Å². The maximum atomic E-state index is 12.0. The second kappa shape index (κ2) is 7.61. The van der Waals surface area contributed by atoms with Gasteiger partial charge in [-0.15, -0.1) is 0 Å². The Hall–Kier alpha value is -2.33. The molecule has 0 aromatic heterocycles. The van der Waals surface area contributed by atoms with Gasteiger partial charge in [-0.2, -0.15) is 0 Å². The largest absolute Gasteiger partial charge is 0.452 e. The van der Waals surface area contributed by atoms with Crippen LogP contribution in [-0.2, 0) is 20.7 Å². The van der Waals surface area contributed by atoms with Crippen LogP contribution in [0.2, 0.25) is 5.02 Å². The first-order chi connectivity index (χ1) is 10.5. The molecule has 0 spiro atoms. The van der Waals surface area contributed by atoms with E-state index in [1.165, 1.54) is 6.92 Å². The van der Waals surface area contributed by atoms with Crippen LogP contribution in [-0.4, -0.2) is 18.0 Å². The van der Waals surface area contributed by atoms with Gasteiger partial charge < -0.3 is 10.1 Å². The van der Waals surface area contributed by atoms with Gasteiger partial charge in [0.25, 0.3) is 5.91 Å². The molecular weight excluding hydrogens is 302 g/mol. The third kappa shape index (κ3) is 4.90. The Morgan fingerprint density at radius 3 is 2.36 bits per heavy atom. The molecule has 0 aliphatic heterocycles. The van der Waals surface area contributed by atoms with Gasteiger partial charge in [-0.3, -0.25) is 9.59 Å². The summed E-state index contributed by atoms with van der Waals surface area (Å²) in [6.45, 7) is 1.54. The molecule has 4 nitrogen and oxygen atoms in total. The summed E-state index contributed by atoms with van der Waals surface area (Å²) < 4.78 is 5.13. The molecule has 0 saturated carbocycles. The SMILES string of the molecule is C[C@H](OC(=O)Cc1ccccc1)C(=O)Nc1ccc(Cl)cc1. The Morgan fingerprint density at radius 1 is 1.09 bits per heavy atom. The summed E-state index contributed by atoms with van der Waals surface area (Å²) in [6, 6.07) is 15.9. The molecule has 1 N–H and O–H groups in total. The molecule has 2 rings (SSSR count). The molecule has 0 unspecified atom stereocenters. The minimum Gasteiger partial charge on any atom is -0.452 e. The number of esters is 1. The predicted molar refractivity (Wildman–Crippen MR) is 85.8 cm³/mol.